The molecule has 164 valence electrons. The molecule has 0 aliphatic carbocycles. The molecule has 4 rings (SSSR count). The predicted octanol–water partition coefficient (Wildman–Crippen LogP) is 5.91. The standard InChI is InChI=1S/C26H26N2O4/c1-19-12-13-22-16-23(27-25(29)31-17-20-8-4-2-5-9-20)14-15-24(22)28(19)26(30)32-18-21-10-6-3-7-11-21/h2-11,14-16,19H,12-13,17-18H2,1H3,(H,27,29). The summed E-state index contributed by atoms with van der Waals surface area (Å²) in [6.45, 7) is 2.45. The first-order valence-electron chi connectivity index (χ1n) is 10.7. The lowest BCUT2D eigenvalue weighted by molar-refractivity contribution is 0.144. The summed E-state index contributed by atoms with van der Waals surface area (Å²) in [5.74, 6) is 0. The summed E-state index contributed by atoms with van der Waals surface area (Å²) in [6.07, 6.45) is 0.741. The van der Waals surface area contributed by atoms with Crippen LogP contribution in [0.1, 0.15) is 30.0 Å². The van der Waals surface area contributed by atoms with Crippen LogP contribution in [-0.2, 0) is 29.1 Å². The Kier molecular flexibility index (Phi) is 6.70. The fourth-order valence-corrected chi connectivity index (χ4v) is 3.77. The minimum absolute atomic E-state index is 0.0282. The minimum atomic E-state index is -0.517. The van der Waals surface area contributed by atoms with E-state index < -0.39 is 6.09 Å². The predicted molar refractivity (Wildman–Crippen MR) is 124 cm³/mol. The molecule has 0 aromatic heterocycles. The van der Waals surface area contributed by atoms with Gasteiger partial charge in [-0.05, 0) is 54.7 Å². The summed E-state index contributed by atoms with van der Waals surface area (Å²) in [6, 6.07) is 24.7. The zero-order valence-electron chi connectivity index (χ0n) is 18.0. The summed E-state index contributed by atoms with van der Waals surface area (Å²) in [5, 5.41) is 2.77. The Hall–Kier alpha value is -3.80. The molecule has 6 heteroatoms. The van der Waals surface area contributed by atoms with Gasteiger partial charge in [0.25, 0.3) is 0 Å². The Morgan fingerprint density at radius 1 is 0.906 bits per heavy atom. The molecule has 1 heterocycles. The van der Waals surface area contributed by atoms with Gasteiger partial charge in [-0.1, -0.05) is 60.7 Å². The van der Waals surface area contributed by atoms with Gasteiger partial charge in [-0.3, -0.25) is 10.2 Å². The van der Waals surface area contributed by atoms with Crippen LogP contribution in [-0.4, -0.2) is 18.2 Å². The number of carbonyl (C=O) groups is 2. The Balaban J connectivity index is 1.40. The van der Waals surface area contributed by atoms with E-state index in [1.165, 1.54) is 0 Å². The lowest BCUT2D eigenvalue weighted by Crippen LogP contribution is -2.42. The normalized spacial score (nSPS) is 14.9. The van der Waals surface area contributed by atoms with E-state index in [9.17, 15) is 9.59 Å². The van der Waals surface area contributed by atoms with Gasteiger partial charge in [0, 0.05) is 11.7 Å². The number of nitrogens with zero attached hydrogens (tertiary/aromatic N) is 1. The quantitative estimate of drug-likeness (QED) is 0.546. The van der Waals surface area contributed by atoms with E-state index in [0.717, 1.165) is 35.2 Å². The molecule has 0 spiro atoms. The second kappa shape index (κ2) is 10.0. The largest absolute Gasteiger partial charge is 0.444 e. The van der Waals surface area contributed by atoms with Crippen molar-refractivity contribution in [3.05, 3.63) is 95.6 Å². The van der Waals surface area contributed by atoms with Crippen LogP contribution in [0.2, 0.25) is 0 Å². The monoisotopic (exact) mass is 430 g/mol. The van der Waals surface area contributed by atoms with Gasteiger partial charge >= 0.3 is 12.2 Å². The highest BCUT2D eigenvalue weighted by Gasteiger charge is 2.29. The SMILES string of the molecule is CC1CCc2cc(NC(=O)OCc3ccccc3)ccc2N1C(=O)OCc1ccccc1. The average Bonchev–Trinajstić information content (AvgIpc) is 2.82. The number of anilines is 2. The molecule has 0 saturated heterocycles. The second-order valence-electron chi connectivity index (χ2n) is 7.83. The summed E-state index contributed by atoms with van der Waals surface area (Å²) < 4.78 is 10.9. The maximum absolute atomic E-state index is 12.8. The molecule has 1 N–H and O–H groups in total. The number of carbonyl (C=O) groups excluding carboxylic acids is 2. The van der Waals surface area contributed by atoms with E-state index in [1.54, 1.807) is 11.0 Å². The third kappa shape index (κ3) is 5.27. The van der Waals surface area contributed by atoms with E-state index >= 15 is 0 Å². The van der Waals surface area contributed by atoms with E-state index in [0.29, 0.717) is 5.69 Å². The molecule has 0 saturated carbocycles. The van der Waals surface area contributed by atoms with Crippen LogP contribution in [0.25, 0.3) is 0 Å². The van der Waals surface area contributed by atoms with Crippen molar-refractivity contribution >= 4 is 23.6 Å². The van der Waals surface area contributed by atoms with Crippen molar-refractivity contribution in [3.8, 4) is 0 Å². The van der Waals surface area contributed by atoms with Gasteiger partial charge in [-0.15, -0.1) is 0 Å². The van der Waals surface area contributed by atoms with Crippen LogP contribution in [0, 0.1) is 0 Å². The molecule has 32 heavy (non-hydrogen) atoms. The number of aryl methyl sites for hydroxylation is 1. The molecule has 3 aromatic carbocycles. The molecule has 0 radical (unpaired) electrons. The van der Waals surface area contributed by atoms with Crippen molar-refractivity contribution in [1.29, 1.82) is 0 Å². The first-order chi connectivity index (χ1) is 15.6. The molecule has 3 aromatic rings. The van der Waals surface area contributed by atoms with Crippen molar-refractivity contribution in [2.24, 2.45) is 0 Å². The molecule has 1 aliphatic rings. The van der Waals surface area contributed by atoms with Crippen LogP contribution in [0.4, 0.5) is 21.0 Å². The Morgan fingerprint density at radius 2 is 1.53 bits per heavy atom. The minimum Gasteiger partial charge on any atom is -0.444 e. The highest BCUT2D eigenvalue weighted by Crippen LogP contribution is 2.33. The van der Waals surface area contributed by atoms with Gasteiger partial charge < -0.3 is 9.47 Å². The Bertz CT molecular complexity index is 1070. The molecule has 6 nitrogen and oxygen atoms in total. The topological polar surface area (TPSA) is 67.9 Å². The van der Waals surface area contributed by atoms with Gasteiger partial charge in [-0.2, -0.15) is 0 Å². The zero-order chi connectivity index (χ0) is 22.3. The third-order valence-electron chi connectivity index (χ3n) is 5.47. The van der Waals surface area contributed by atoms with Crippen LogP contribution in [0.5, 0.6) is 0 Å². The van der Waals surface area contributed by atoms with Crippen molar-refractivity contribution < 1.29 is 19.1 Å². The van der Waals surface area contributed by atoms with Crippen LogP contribution in [0.3, 0.4) is 0 Å². The lowest BCUT2D eigenvalue weighted by Gasteiger charge is -2.34. The molecule has 2 amide bonds. The maximum atomic E-state index is 12.8. The smallest absolute Gasteiger partial charge is 0.414 e. The number of benzene rings is 3. The molecule has 1 aliphatic heterocycles. The lowest BCUT2D eigenvalue weighted by atomic mass is 9.96. The first kappa shape index (κ1) is 21.4. The Labute approximate surface area is 187 Å². The highest BCUT2D eigenvalue weighted by molar-refractivity contribution is 5.91. The fourth-order valence-electron chi connectivity index (χ4n) is 3.77. The molecule has 1 unspecified atom stereocenters. The molecular weight excluding hydrogens is 404 g/mol. The van der Waals surface area contributed by atoms with E-state index in [4.69, 9.17) is 9.47 Å². The average molecular weight is 431 g/mol. The summed E-state index contributed by atoms with van der Waals surface area (Å²) >= 11 is 0. The first-order valence-corrected chi connectivity index (χ1v) is 10.7. The second-order valence-corrected chi connectivity index (χ2v) is 7.83. The highest BCUT2D eigenvalue weighted by atomic mass is 16.6. The van der Waals surface area contributed by atoms with Gasteiger partial charge in [0.05, 0.1) is 5.69 Å². The fraction of sp³-hybridized carbons (Fsp3) is 0.231. The van der Waals surface area contributed by atoms with Gasteiger partial charge in [0.1, 0.15) is 13.2 Å². The number of hydrogen-bond acceptors (Lipinski definition) is 4. The molecule has 0 fully saturated rings. The van der Waals surface area contributed by atoms with E-state index in [1.807, 2.05) is 79.7 Å². The number of hydrogen-bond donors (Lipinski definition) is 1. The number of rotatable bonds is 5. The summed E-state index contributed by atoms with van der Waals surface area (Å²) in [5.41, 5.74) is 4.30. The van der Waals surface area contributed by atoms with Crippen LogP contribution >= 0.6 is 0 Å². The van der Waals surface area contributed by atoms with Crippen molar-refractivity contribution in [1.82, 2.24) is 0 Å². The Morgan fingerprint density at radius 3 is 2.19 bits per heavy atom. The van der Waals surface area contributed by atoms with E-state index in [-0.39, 0.29) is 25.3 Å². The zero-order valence-corrected chi connectivity index (χ0v) is 18.0. The van der Waals surface area contributed by atoms with Gasteiger partial charge in [0.15, 0.2) is 0 Å². The third-order valence-corrected chi connectivity index (χ3v) is 5.47. The van der Waals surface area contributed by atoms with Crippen LogP contribution in [0.15, 0.2) is 78.9 Å². The van der Waals surface area contributed by atoms with Gasteiger partial charge in [-0.25, -0.2) is 9.59 Å². The van der Waals surface area contributed by atoms with Crippen molar-refractivity contribution in [3.63, 3.8) is 0 Å². The number of ether oxygens (including phenoxy) is 2. The summed E-state index contributed by atoms with van der Waals surface area (Å²) in [4.78, 5) is 26.7. The molecule has 0 bridgehead atoms. The van der Waals surface area contributed by atoms with Gasteiger partial charge in [0.2, 0.25) is 0 Å². The summed E-state index contributed by atoms with van der Waals surface area (Å²) in [7, 11) is 0. The van der Waals surface area contributed by atoms with Crippen LogP contribution < -0.4 is 10.2 Å². The molecule has 1 atom stereocenters. The maximum Gasteiger partial charge on any atom is 0.414 e. The van der Waals surface area contributed by atoms with Crippen molar-refractivity contribution in [2.45, 2.75) is 39.0 Å². The number of fused-ring (bicyclic) bond motifs is 1. The van der Waals surface area contributed by atoms with Crippen molar-refractivity contribution in [2.75, 3.05) is 10.2 Å². The molecular formula is C26H26N2O4. The number of amides is 2. The number of nitrogens with one attached hydrogen (secondary N) is 1. The van der Waals surface area contributed by atoms with E-state index in [2.05, 4.69) is 5.32 Å².